The van der Waals surface area contributed by atoms with Crippen LogP contribution in [0.2, 0.25) is 0 Å². The predicted molar refractivity (Wildman–Crippen MR) is 79.0 cm³/mol. The van der Waals surface area contributed by atoms with E-state index in [1.807, 2.05) is 18.4 Å². The van der Waals surface area contributed by atoms with Gasteiger partial charge in [-0.05, 0) is 35.3 Å². The van der Waals surface area contributed by atoms with Crippen molar-refractivity contribution in [3.63, 3.8) is 0 Å². The third-order valence-electron chi connectivity index (χ3n) is 2.80. The molecule has 0 bridgehead atoms. The van der Waals surface area contributed by atoms with E-state index in [0.717, 1.165) is 9.35 Å². The largest absolute Gasteiger partial charge is 0.392 e. The molecular weight excluding hydrogens is 320 g/mol. The molecule has 3 N–H and O–H groups in total. The molecule has 0 saturated carbocycles. The maximum absolute atomic E-state index is 12.0. The van der Waals surface area contributed by atoms with Crippen LogP contribution in [0.1, 0.15) is 25.1 Å². The summed E-state index contributed by atoms with van der Waals surface area (Å²) in [6.07, 6.45) is 0.600. The van der Waals surface area contributed by atoms with Crippen molar-refractivity contribution < 1.29 is 4.79 Å². The number of carbonyl (C=O) groups is 1. The molecule has 0 radical (unpaired) electrons. The summed E-state index contributed by atoms with van der Waals surface area (Å²) in [5.74, 6) is -0.114. The van der Waals surface area contributed by atoms with Gasteiger partial charge >= 0.3 is 0 Å². The van der Waals surface area contributed by atoms with Crippen molar-refractivity contribution in [2.45, 2.75) is 26.8 Å². The van der Waals surface area contributed by atoms with Crippen LogP contribution in [0.5, 0.6) is 0 Å². The van der Waals surface area contributed by atoms with E-state index >= 15 is 0 Å². The van der Waals surface area contributed by atoms with Gasteiger partial charge in [-0.2, -0.15) is 0 Å². The van der Waals surface area contributed by atoms with Crippen molar-refractivity contribution in [1.29, 1.82) is 0 Å². The van der Waals surface area contributed by atoms with Crippen LogP contribution in [0.3, 0.4) is 0 Å². The number of nitrogens with two attached hydrogens (primary N) is 1. The Balaban J connectivity index is 2.63. The van der Waals surface area contributed by atoms with Crippen molar-refractivity contribution in [3.8, 4) is 0 Å². The number of halogens is 1. The van der Waals surface area contributed by atoms with Crippen LogP contribution < -0.4 is 11.1 Å². The van der Waals surface area contributed by atoms with E-state index < -0.39 is 5.41 Å². The number of carbonyl (C=O) groups excluding carboxylic acids is 1. The molecule has 0 aromatic carbocycles. The second-order valence-electron chi connectivity index (χ2n) is 3.96. The molecule has 0 aliphatic rings. The minimum Gasteiger partial charge on any atom is -0.392 e. The third-order valence-corrected chi connectivity index (χ3v) is 4.95. The topological polar surface area (TPSA) is 55.1 Å². The molecule has 1 atom stereocenters. The van der Waals surface area contributed by atoms with Gasteiger partial charge in [-0.3, -0.25) is 4.79 Å². The summed E-state index contributed by atoms with van der Waals surface area (Å²) in [5, 5.41) is 4.85. The van der Waals surface area contributed by atoms with Crippen molar-refractivity contribution in [2.24, 2.45) is 11.1 Å². The minimum atomic E-state index is -0.760. The molecule has 17 heavy (non-hydrogen) atoms. The highest BCUT2D eigenvalue weighted by molar-refractivity contribution is 9.10. The zero-order valence-corrected chi connectivity index (χ0v) is 13.0. The summed E-state index contributed by atoms with van der Waals surface area (Å²) in [4.78, 5) is 13.4. The average Bonchev–Trinajstić information content (AvgIpc) is 2.70. The van der Waals surface area contributed by atoms with E-state index in [2.05, 4.69) is 21.2 Å². The van der Waals surface area contributed by atoms with Crippen molar-refractivity contribution in [2.75, 3.05) is 0 Å². The van der Waals surface area contributed by atoms with E-state index in [9.17, 15) is 4.79 Å². The van der Waals surface area contributed by atoms with Gasteiger partial charge in [-0.1, -0.05) is 19.1 Å². The monoisotopic (exact) mass is 334 g/mol. The fourth-order valence-electron chi connectivity index (χ4n) is 1.26. The molecular formula is C11H15BrN2OS2. The molecule has 1 heterocycles. The van der Waals surface area contributed by atoms with Crippen molar-refractivity contribution in [3.05, 3.63) is 20.8 Å². The lowest BCUT2D eigenvalue weighted by molar-refractivity contribution is -0.127. The molecule has 0 saturated heterocycles. The number of rotatable bonds is 5. The molecule has 3 nitrogen and oxygen atoms in total. The Morgan fingerprint density at radius 2 is 2.35 bits per heavy atom. The number of amides is 1. The fraction of sp³-hybridized carbons (Fsp3) is 0.455. The Bertz CT molecular complexity index is 433. The van der Waals surface area contributed by atoms with Crippen LogP contribution in [-0.4, -0.2) is 10.9 Å². The van der Waals surface area contributed by atoms with E-state index in [4.69, 9.17) is 18.0 Å². The number of nitrogens with one attached hydrogen (secondary N) is 1. The molecule has 94 valence electrons. The van der Waals surface area contributed by atoms with Gasteiger partial charge in [0, 0.05) is 14.7 Å². The molecule has 0 aliphatic heterocycles. The SMILES string of the molecule is CCC(C)(C(=O)NCc1cc(Br)cs1)C(N)=S. The summed E-state index contributed by atoms with van der Waals surface area (Å²) in [5.41, 5.74) is 4.86. The maximum atomic E-state index is 12.0. The molecule has 1 rings (SSSR count). The molecule has 1 unspecified atom stereocenters. The van der Waals surface area contributed by atoms with Crippen LogP contribution >= 0.6 is 39.5 Å². The third kappa shape index (κ3) is 3.50. The fourth-order valence-corrected chi connectivity index (χ4v) is 2.88. The molecule has 1 aromatic heterocycles. The first kappa shape index (κ1) is 14.6. The Kier molecular flexibility index (Phi) is 5.09. The first-order valence-corrected chi connectivity index (χ1v) is 7.29. The predicted octanol–water partition coefficient (Wildman–Crippen LogP) is 2.83. The Morgan fingerprint density at radius 1 is 1.71 bits per heavy atom. The van der Waals surface area contributed by atoms with E-state index in [0.29, 0.717) is 13.0 Å². The van der Waals surface area contributed by atoms with Gasteiger partial charge in [0.2, 0.25) is 5.91 Å². The molecule has 0 spiro atoms. The van der Waals surface area contributed by atoms with Crippen LogP contribution in [0.15, 0.2) is 15.9 Å². The van der Waals surface area contributed by atoms with Crippen LogP contribution in [0, 0.1) is 5.41 Å². The number of hydrogen-bond acceptors (Lipinski definition) is 3. The first-order chi connectivity index (χ1) is 7.90. The zero-order chi connectivity index (χ0) is 13.1. The average molecular weight is 335 g/mol. The number of thiocarbonyl (C=S) groups is 1. The smallest absolute Gasteiger partial charge is 0.233 e. The molecule has 1 amide bonds. The van der Waals surface area contributed by atoms with Gasteiger partial charge in [-0.15, -0.1) is 11.3 Å². The van der Waals surface area contributed by atoms with Gasteiger partial charge in [0.05, 0.1) is 16.9 Å². The summed E-state index contributed by atoms with van der Waals surface area (Å²) >= 11 is 9.92. The van der Waals surface area contributed by atoms with Gasteiger partial charge in [-0.25, -0.2) is 0 Å². The zero-order valence-electron chi connectivity index (χ0n) is 9.75. The lowest BCUT2D eigenvalue weighted by Crippen LogP contribution is -2.46. The van der Waals surface area contributed by atoms with Crippen molar-refractivity contribution in [1.82, 2.24) is 5.32 Å². The Morgan fingerprint density at radius 3 is 2.76 bits per heavy atom. The van der Waals surface area contributed by atoms with E-state index in [1.165, 1.54) is 0 Å². The maximum Gasteiger partial charge on any atom is 0.233 e. The van der Waals surface area contributed by atoms with Gasteiger partial charge in [0.1, 0.15) is 0 Å². The van der Waals surface area contributed by atoms with Crippen LogP contribution in [0.25, 0.3) is 0 Å². The summed E-state index contributed by atoms with van der Waals surface area (Å²) in [6, 6.07) is 1.98. The van der Waals surface area contributed by atoms with E-state index in [-0.39, 0.29) is 10.9 Å². The highest BCUT2D eigenvalue weighted by atomic mass is 79.9. The van der Waals surface area contributed by atoms with Crippen molar-refractivity contribution >= 4 is 50.4 Å². The molecule has 1 aromatic rings. The Labute approximate surface area is 119 Å². The van der Waals surface area contributed by atoms with Crippen LogP contribution in [0.4, 0.5) is 0 Å². The first-order valence-electron chi connectivity index (χ1n) is 5.21. The quantitative estimate of drug-likeness (QED) is 0.814. The summed E-state index contributed by atoms with van der Waals surface area (Å²) in [6.45, 7) is 4.18. The molecule has 0 aliphatic carbocycles. The second kappa shape index (κ2) is 5.93. The standard InChI is InChI=1S/C11H15BrN2OS2/c1-3-11(2,9(13)16)10(15)14-5-8-4-7(12)6-17-8/h4,6H,3,5H2,1-2H3,(H2,13,16)(H,14,15). The highest BCUT2D eigenvalue weighted by Crippen LogP contribution is 2.23. The van der Waals surface area contributed by atoms with Gasteiger partial charge in [0.25, 0.3) is 0 Å². The van der Waals surface area contributed by atoms with Gasteiger partial charge in [0.15, 0.2) is 0 Å². The van der Waals surface area contributed by atoms with Crippen LogP contribution in [-0.2, 0) is 11.3 Å². The summed E-state index contributed by atoms with van der Waals surface area (Å²) in [7, 11) is 0. The number of thiophene rings is 1. The lowest BCUT2D eigenvalue weighted by atomic mass is 9.86. The molecule has 0 fully saturated rings. The van der Waals surface area contributed by atoms with E-state index in [1.54, 1.807) is 18.3 Å². The number of hydrogen-bond donors (Lipinski definition) is 2. The Hall–Kier alpha value is -0.460. The molecule has 6 heteroatoms. The lowest BCUT2D eigenvalue weighted by Gasteiger charge is -2.25. The second-order valence-corrected chi connectivity index (χ2v) is 6.32. The summed E-state index contributed by atoms with van der Waals surface area (Å²) < 4.78 is 1.03. The minimum absolute atomic E-state index is 0.114. The van der Waals surface area contributed by atoms with Gasteiger partial charge < -0.3 is 11.1 Å². The highest BCUT2D eigenvalue weighted by Gasteiger charge is 2.34. The normalized spacial score (nSPS) is 14.1.